The summed E-state index contributed by atoms with van der Waals surface area (Å²) in [6.07, 6.45) is 3.47. The van der Waals surface area contributed by atoms with Crippen LogP contribution in [0.1, 0.15) is 36.0 Å². The molecular weight excluding hydrogens is 236 g/mol. The minimum atomic E-state index is 0.322. The van der Waals surface area contributed by atoms with Gasteiger partial charge in [-0.05, 0) is 55.3 Å². The maximum atomic E-state index is 9.07. The van der Waals surface area contributed by atoms with Crippen LogP contribution in [0.2, 0.25) is 0 Å². The average Bonchev–Trinajstić information content (AvgIpc) is 2.42. The summed E-state index contributed by atoms with van der Waals surface area (Å²) in [5.74, 6) is 0.669. The van der Waals surface area contributed by atoms with Crippen molar-refractivity contribution in [1.29, 1.82) is 0 Å². The van der Waals surface area contributed by atoms with Crippen molar-refractivity contribution in [1.82, 2.24) is 4.90 Å². The molecule has 1 fully saturated rings. The van der Waals surface area contributed by atoms with E-state index in [0.717, 1.165) is 19.5 Å². The van der Waals surface area contributed by atoms with Gasteiger partial charge in [0.15, 0.2) is 0 Å². The molecule has 0 spiro atoms. The normalized spacial score (nSPS) is 20.7. The molecule has 1 atom stereocenters. The van der Waals surface area contributed by atoms with Crippen LogP contribution in [-0.2, 0) is 13.1 Å². The maximum Gasteiger partial charge on any atom is 0.0434 e. The van der Waals surface area contributed by atoms with Crippen LogP contribution in [-0.4, -0.2) is 29.7 Å². The van der Waals surface area contributed by atoms with Gasteiger partial charge in [0.1, 0.15) is 0 Å². The summed E-state index contributed by atoms with van der Waals surface area (Å²) in [4.78, 5) is 2.52. The number of nitrogens with zero attached hydrogens (tertiary/aromatic N) is 1. The Morgan fingerprint density at radius 3 is 2.95 bits per heavy atom. The minimum Gasteiger partial charge on any atom is -0.396 e. The van der Waals surface area contributed by atoms with Crippen LogP contribution in [0.15, 0.2) is 18.2 Å². The summed E-state index contributed by atoms with van der Waals surface area (Å²) in [5, 5.41) is 9.07. The third-order valence-corrected chi connectivity index (χ3v) is 4.18. The molecule has 106 valence electrons. The van der Waals surface area contributed by atoms with Gasteiger partial charge in [0, 0.05) is 26.2 Å². The quantitative estimate of drug-likeness (QED) is 0.854. The fourth-order valence-corrected chi connectivity index (χ4v) is 3.02. The molecule has 0 saturated carbocycles. The van der Waals surface area contributed by atoms with Crippen molar-refractivity contribution in [2.75, 3.05) is 19.7 Å². The van der Waals surface area contributed by atoms with Crippen LogP contribution in [0.5, 0.6) is 0 Å². The topological polar surface area (TPSA) is 49.5 Å². The first-order chi connectivity index (χ1) is 9.22. The molecule has 1 aliphatic rings. The lowest BCUT2D eigenvalue weighted by Crippen LogP contribution is -2.35. The summed E-state index contributed by atoms with van der Waals surface area (Å²) in [6, 6.07) is 6.55. The van der Waals surface area contributed by atoms with Crippen molar-refractivity contribution >= 4 is 0 Å². The van der Waals surface area contributed by atoms with Crippen LogP contribution in [0.3, 0.4) is 0 Å². The number of aliphatic hydroxyl groups excluding tert-OH is 1. The monoisotopic (exact) mass is 262 g/mol. The number of nitrogens with two attached hydrogens (primary N) is 1. The molecular formula is C16H26N2O. The maximum absolute atomic E-state index is 9.07. The summed E-state index contributed by atoms with van der Waals surface area (Å²) in [6.45, 7) is 6.44. The van der Waals surface area contributed by atoms with E-state index in [1.807, 2.05) is 0 Å². The van der Waals surface area contributed by atoms with Gasteiger partial charge in [-0.25, -0.2) is 0 Å². The molecule has 1 aliphatic heterocycles. The lowest BCUT2D eigenvalue weighted by Gasteiger charge is -2.32. The summed E-state index contributed by atoms with van der Waals surface area (Å²) in [5.41, 5.74) is 9.62. The first-order valence-corrected chi connectivity index (χ1v) is 7.34. The zero-order chi connectivity index (χ0) is 13.7. The predicted molar refractivity (Wildman–Crippen MR) is 78.8 cm³/mol. The molecule has 1 aromatic carbocycles. The number of likely N-dealkylation sites (tertiary alicyclic amines) is 1. The summed E-state index contributed by atoms with van der Waals surface area (Å²) < 4.78 is 0. The first kappa shape index (κ1) is 14.5. The number of rotatable bonds is 5. The van der Waals surface area contributed by atoms with E-state index in [1.165, 1.54) is 36.1 Å². The molecule has 3 N–H and O–H groups in total. The highest BCUT2D eigenvalue weighted by atomic mass is 16.3. The van der Waals surface area contributed by atoms with E-state index >= 15 is 0 Å². The van der Waals surface area contributed by atoms with Crippen molar-refractivity contribution in [2.45, 2.75) is 39.3 Å². The molecule has 3 heteroatoms. The zero-order valence-corrected chi connectivity index (χ0v) is 11.9. The summed E-state index contributed by atoms with van der Waals surface area (Å²) in [7, 11) is 0. The highest BCUT2D eigenvalue weighted by molar-refractivity contribution is 5.31. The highest BCUT2D eigenvalue weighted by Gasteiger charge is 2.19. The Kier molecular flexibility index (Phi) is 5.37. The van der Waals surface area contributed by atoms with Gasteiger partial charge < -0.3 is 10.8 Å². The predicted octanol–water partition coefficient (Wildman–Crippen LogP) is 2.05. The Balaban J connectivity index is 1.96. The Hall–Kier alpha value is -0.900. The zero-order valence-electron chi connectivity index (χ0n) is 11.9. The average molecular weight is 262 g/mol. The third-order valence-electron chi connectivity index (χ3n) is 4.18. The Morgan fingerprint density at radius 2 is 2.26 bits per heavy atom. The second-order valence-electron chi connectivity index (χ2n) is 5.72. The van der Waals surface area contributed by atoms with Crippen molar-refractivity contribution in [2.24, 2.45) is 11.7 Å². The van der Waals surface area contributed by atoms with Crippen LogP contribution < -0.4 is 5.73 Å². The molecule has 0 aliphatic carbocycles. The van der Waals surface area contributed by atoms with Gasteiger partial charge in [-0.3, -0.25) is 4.90 Å². The van der Waals surface area contributed by atoms with Gasteiger partial charge in [-0.1, -0.05) is 18.2 Å². The van der Waals surface area contributed by atoms with Crippen molar-refractivity contribution in [3.63, 3.8) is 0 Å². The second kappa shape index (κ2) is 7.04. The number of hydrogen-bond donors (Lipinski definition) is 2. The molecule has 1 aromatic rings. The largest absolute Gasteiger partial charge is 0.396 e. The molecule has 3 nitrogen and oxygen atoms in total. The lowest BCUT2D eigenvalue weighted by atomic mass is 9.94. The minimum absolute atomic E-state index is 0.322. The fraction of sp³-hybridized carbons (Fsp3) is 0.625. The van der Waals surface area contributed by atoms with E-state index in [4.69, 9.17) is 10.8 Å². The van der Waals surface area contributed by atoms with Gasteiger partial charge in [0.25, 0.3) is 0 Å². The number of aryl methyl sites for hydroxylation is 1. The fourth-order valence-electron chi connectivity index (χ4n) is 3.02. The van der Waals surface area contributed by atoms with E-state index in [-0.39, 0.29) is 0 Å². The second-order valence-corrected chi connectivity index (χ2v) is 5.72. The van der Waals surface area contributed by atoms with Crippen LogP contribution >= 0.6 is 0 Å². The van der Waals surface area contributed by atoms with E-state index in [0.29, 0.717) is 19.1 Å². The highest BCUT2D eigenvalue weighted by Crippen LogP contribution is 2.22. The van der Waals surface area contributed by atoms with Gasteiger partial charge in [-0.15, -0.1) is 0 Å². The smallest absolute Gasteiger partial charge is 0.0434 e. The molecule has 0 radical (unpaired) electrons. The van der Waals surface area contributed by atoms with Gasteiger partial charge in [0.2, 0.25) is 0 Å². The lowest BCUT2D eigenvalue weighted by molar-refractivity contribution is 0.142. The van der Waals surface area contributed by atoms with Gasteiger partial charge in [0.05, 0.1) is 0 Å². The van der Waals surface area contributed by atoms with Crippen LogP contribution in [0, 0.1) is 12.8 Å². The molecule has 0 amide bonds. The molecule has 0 aromatic heterocycles. The van der Waals surface area contributed by atoms with Crippen molar-refractivity contribution in [3.8, 4) is 0 Å². The number of piperidine rings is 1. The van der Waals surface area contributed by atoms with Crippen LogP contribution in [0.25, 0.3) is 0 Å². The van der Waals surface area contributed by atoms with E-state index in [9.17, 15) is 0 Å². The Bertz CT molecular complexity index is 404. The standard InChI is InChI=1S/C16H26N2O/c1-13-9-15(10-17)4-5-16(13)12-18-7-2-3-14(11-18)6-8-19/h4-5,9,14,19H,2-3,6-8,10-12,17H2,1H3. The SMILES string of the molecule is Cc1cc(CN)ccc1CN1CCCC(CCO)C1. The van der Waals surface area contributed by atoms with Crippen molar-refractivity contribution in [3.05, 3.63) is 34.9 Å². The first-order valence-electron chi connectivity index (χ1n) is 7.34. The van der Waals surface area contributed by atoms with E-state index in [1.54, 1.807) is 0 Å². The Labute approximate surface area is 116 Å². The molecule has 1 saturated heterocycles. The Morgan fingerprint density at radius 1 is 1.42 bits per heavy atom. The molecule has 19 heavy (non-hydrogen) atoms. The van der Waals surface area contributed by atoms with E-state index in [2.05, 4.69) is 30.0 Å². The van der Waals surface area contributed by atoms with Crippen LogP contribution in [0.4, 0.5) is 0 Å². The molecule has 1 unspecified atom stereocenters. The van der Waals surface area contributed by atoms with Crippen molar-refractivity contribution < 1.29 is 5.11 Å². The summed E-state index contributed by atoms with van der Waals surface area (Å²) >= 11 is 0. The van der Waals surface area contributed by atoms with E-state index < -0.39 is 0 Å². The molecule has 0 bridgehead atoms. The number of benzene rings is 1. The number of aliphatic hydroxyl groups is 1. The molecule has 1 heterocycles. The molecule has 2 rings (SSSR count). The van der Waals surface area contributed by atoms with Gasteiger partial charge in [-0.2, -0.15) is 0 Å². The van der Waals surface area contributed by atoms with Gasteiger partial charge >= 0.3 is 0 Å². The third kappa shape index (κ3) is 4.03. The number of hydrogen-bond acceptors (Lipinski definition) is 3.